The number of rotatable bonds is 3. The second kappa shape index (κ2) is 4.78. The Balaban J connectivity index is 3.00. The Labute approximate surface area is 92.2 Å². The van der Waals surface area contributed by atoms with Gasteiger partial charge in [-0.05, 0) is 19.8 Å². The minimum atomic E-state index is -1.03. The summed E-state index contributed by atoms with van der Waals surface area (Å²) in [5.41, 5.74) is 0.255. The normalized spacial score (nSPS) is 21.1. The maximum atomic E-state index is 11.3. The third-order valence-corrected chi connectivity index (χ3v) is 2.29. The van der Waals surface area contributed by atoms with Crippen LogP contribution in [0.1, 0.15) is 19.8 Å². The van der Waals surface area contributed by atoms with Crippen molar-refractivity contribution in [3.8, 4) is 0 Å². The fourth-order valence-corrected chi connectivity index (χ4v) is 1.54. The predicted molar refractivity (Wildman–Crippen MR) is 55.4 cm³/mol. The van der Waals surface area contributed by atoms with Crippen LogP contribution in [0.4, 0.5) is 0 Å². The molecule has 0 bridgehead atoms. The van der Waals surface area contributed by atoms with Gasteiger partial charge < -0.3 is 14.9 Å². The Morgan fingerprint density at radius 2 is 2.06 bits per heavy atom. The number of allylic oxidation sites excluding steroid dienone is 1. The van der Waals surface area contributed by atoms with E-state index in [0.29, 0.717) is 18.6 Å². The molecule has 0 saturated heterocycles. The summed E-state index contributed by atoms with van der Waals surface area (Å²) in [6.45, 7) is 1.34. The van der Waals surface area contributed by atoms with Gasteiger partial charge in [0.1, 0.15) is 17.4 Å². The van der Waals surface area contributed by atoms with E-state index in [0.717, 1.165) is 0 Å². The molecule has 1 unspecified atom stereocenters. The molecule has 88 valence electrons. The molecule has 0 fully saturated rings. The third-order valence-electron chi connectivity index (χ3n) is 2.29. The maximum absolute atomic E-state index is 11.3. The predicted octanol–water partition coefficient (Wildman–Crippen LogP) is 0.679. The zero-order valence-electron chi connectivity index (χ0n) is 9.06. The smallest absolute Gasteiger partial charge is 0.343 e. The average Bonchev–Trinajstić information content (AvgIpc) is 2.66. The Hall–Kier alpha value is -1.85. The highest BCUT2D eigenvalue weighted by Gasteiger charge is 2.29. The zero-order chi connectivity index (χ0) is 12.3. The molecule has 0 aromatic carbocycles. The van der Waals surface area contributed by atoms with Crippen LogP contribution in [-0.4, -0.2) is 41.0 Å². The first kappa shape index (κ1) is 12.2. The van der Waals surface area contributed by atoms with Crippen molar-refractivity contribution in [1.29, 1.82) is 0 Å². The molecule has 0 spiro atoms. The van der Waals surface area contributed by atoms with Crippen molar-refractivity contribution in [2.24, 2.45) is 4.99 Å². The lowest BCUT2D eigenvalue weighted by atomic mass is 10.1. The van der Waals surface area contributed by atoms with Crippen LogP contribution in [-0.2, 0) is 14.3 Å². The van der Waals surface area contributed by atoms with Gasteiger partial charge in [0.25, 0.3) is 0 Å². The van der Waals surface area contributed by atoms with Crippen LogP contribution in [0.2, 0.25) is 0 Å². The lowest BCUT2D eigenvalue weighted by Crippen LogP contribution is -2.16. The molecular weight excluding hydrogens is 214 g/mol. The number of hydrogen-bond donors (Lipinski definition) is 2. The summed E-state index contributed by atoms with van der Waals surface area (Å²) in [4.78, 5) is 25.9. The van der Waals surface area contributed by atoms with Gasteiger partial charge in [-0.1, -0.05) is 0 Å². The van der Waals surface area contributed by atoms with E-state index < -0.39 is 18.0 Å². The number of ether oxygens (including phenoxy) is 1. The summed E-state index contributed by atoms with van der Waals surface area (Å²) in [7, 11) is 1.19. The van der Waals surface area contributed by atoms with E-state index in [9.17, 15) is 14.7 Å². The van der Waals surface area contributed by atoms with E-state index in [1.807, 2.05) is 0 Å². The number of aliphatic hydroxyl groups excluding tert-OH is 1. The topological polar surface area (TPSA) is 96.2 Å². The maximum Gasteiger partial charge on any atom is 0.343 e. The molecule has 1 aliphatic rings. The number of methoxy groups -OCH3 is 1. The van der Waals surface area contributed by atoms with Crippen molar-refractivity contribution >= 4 is 17.7 Å². The number of aliphatic imine (C=N–C) groups is 1. The molecular formula is C10H13NO5. The highest BCUT2D eigenvalue weighted by atomic mass is 16.5. The van der Waals surface area contributed by atoms with Crippen molar-refractivity contribution < 1.29 is 24.5 Å². The summed E-state index contributed by atoms with van der Waals surface area (Å²) in [6, 6.07) is -0.839. The lowest BCUT2D eigenvalue weighted by molar-refractivity contribution is -0.138. The van der Waals surface area contributed by atoms with Gasteiger partial charge in [-0.3, -0.25) is 4.99 Å². The number of carboxylic acids is 1. The molecule has 6 heteroatoms. The van der Waals surface area contributed by atoms with E-state index in [1.165, 1.54) is 14.0 Å². The number of nitrogens with zero attached hydrogens (tertiary/aromatic N) is 1. The number of hydrogen-bond acceptors (Lipinski definition) is 5. The molecule has 0 radical (unpaired) electrons. The standard InChI is InChI=1S/C10H13NO5/c1-5(12)8(10(15)16-2)6-3-4-7(11-6)9(13)14/h7,12H,3-4H2,1-2H3,(H,13,14)/b8-5+. The Morgan fingerprint density at radius 3 is 2.44 bits per heavy atom. The monoisotopic (exact) mass is 227 g/mol. The van der Waals surface area contributed by atoms with E-state index in [4.69, 9.17) is 5.11 Å². The Morgan fingerprint density at radius 1 is 1.44 bits per heavy atom. The molecule has 0 aromatic heterocycles. The molecule has 16 heavy (non-hydrogen) atoms. The minimum absolute atomic E-state index is 0.0359. The first-order chi connectivity index (χ1) is 7.47. The first-order valence-electron chi connectivity index (χ1n) is 4.75. The average molecular weight is 227 g/mol. The van der Waals surface area contributed by atoms with Crippen LogP contribution in [0.5, 0.6) is 0 Å². The van der Waals surface area contributed by atoms with Gasteiger partial charge in [-0.2, -0.15) is 0 Å². The quantitative estimate of drug-likeness (QED) is 0.420. The van der Waals surface area contributed by atoms with Gasteiger partial charge in [0.05, 0.1) is 12.8 Å². The van der Waals surface area contributed by atoms with Crippen LogP contribution in [0, 0.1) is 0 Å². The molecule has 0 aliphatic carbocycles. The summed E-state index contributed by atoms with van der Waals surface area (Å²) < 4.78 is 4.50. The van der Waals surface area contributed by atoms with Crippen molar-refractivity contribution in [3.63, 3.8) is 0 Å². The van der Waals surface area contributed by atoms with E-state index in [2.05, 4.69) is 9.73 Å². The van der Waals surface area contributed by atoms with E-state index in [-0.39, 0.29) is 11.3 Å². The molecule has 0 aromatic rings. The summed E-state index contributed by atoms with van der Waals surface area (Å²) >= 11 is 0. The second-order valence-electron chi connectivity index (χ2n) is 3.42. The van der Waals surface area contributed by atoms with Crippen molar-refractivity contribution in [2.75, 3.05) is 7.11 Å². The fourth-order valence-electron chi connectivity index (χ4n) is 1.54. The minimum Gasteiger partial charge on any atom is -0.512 e. The van der Waals surface area contributed by atoms with Crippen LogP contribution >= 0.6 is 0 Å². The van der Waals surface area contributed by atoms with Gasteiger partial charge in [-0.25, -0.2) is 9.59 Å². The molecule has 1 heterocycles. The highest BCUT2D eigenvalue weighted by molar-refractivity contribution is 6.21. The van der Waals surface area contributed by atoms with Crippen LogP contribution in [0.15, 0.2) is 16.3 Å². The van der Waals surface area contributed by atoms with E-state index in [1.54, 1.807) is 0 Å². The molecule has 0 saturated carbocycles. The molecule has 1 atom stereocenters. The molecule has 6 nitrogen and oxygen atoms in total. The SMILES string of the molecule is COC(=O)/C(C1=NC(C(=O)O)CC1)=C(\C)O. The third kappa shape index (κ3) is 2.39. The number of carbonyl (C=O) groups is 2. The number of esters is 1. The van der Waals surface area contributed by atoms with Crippen molar-refractivity contribution in [1.82, 2.24) is 0 Å². The first-order valence-corrected chi connectivity index (χ1v) is 4.75. The molecule has 1 aliphatic heterocycles. The van der Waals surface area contributed by atoms with Gasteiger partial charge in [-0.15, -0.1) is 0 Å². The highest BCUT2D eigenvalue weighted by Crippen LogP contribution is 2.20. The number of carbonyl (C=O) groups excluding carboxylic acids is 1. The van der Waals surface area contributed by atoms with E-state index >= 15 is 0 Å². The van der Waals surface area contributed by atoms with Crippen LogP contribution < -0.4 is 0 Å². The number of aliphatic carboxylic acids is 1. The summed E-state index contributed by atoms with van der Waals surface area (Å²) in [5, 5.41) is 18.1. The van der Waals surface area contributed by atoms with Crippen molar-refractivity contribution in [2.45, 2.75) is 25.8 Å². The Kier molecular flexibility index (Phi) is 3.65. The Bertz CT molecular complexity index is 379. The van der Waals surface area contributed by atoms with Gasteiger partial charge in [0.15, 0.2) is 0 Å². The van der Waals surface area contributed by atoms with Crippen LogP contribution in [0.25, 0.3) is 0 Å². The lowest BCUT2D eigenvalue weighted by Gasteiger charge is -2.05. The van der Waals surface area contributed by atoms with Gasteiger partial charge in [0, 0.05) is 0 Å². The van der Waals surface area contributed by atoms with Crippen LogP contribution in [0.3, 0.4) is 0 Å². The fraction of sp³-hybridized carbons (Fsp3) is 0.500. The molecule has 1 rings (SSSR count). The summed E-state index contributed by atoms with van der Waals surface area (Å²) in [6.07, 6.45) is 0.678. The van der Waals surface area contributed by atoms with Gasteiger partial charge >= 0.3 is 11.9 Å². The molecule has 0 amide bonds. The zero-order valence-corrected chi connectivity index (χ0v) is 9.06. The largest absolute Gasteiger partial charge is 0.512 e. The summed E-state index contributed by atoms with van der Waals surface area (Å²) in [5.74, 6) is -1.95. The molecule has 2 N–H and O–H groups in total. The second-order valence-corrected chi connectivity index (χ2v) is 3.42. The van der Waals surface area contributed by atoms with Gasteiger partial charge in [0.2, 0.25) is 0 Å². The number of carboxylic acid groups (broad SMARTS) is 1. The number of aliphatic hydroxyl groups is 1. The van der Waals surface area contributed by atoms with Crippen molar-refractivity contribution in [3.05, 3.63) is 11.3 Å².